The number of rotatable bonds is 8. The molecule has 0 aromatic heterocycles. The quantitative estimate of drug-likeness (QED) is 0.264. The number of carbonyl (C=O) groups is 2. The lowest BCUT2D eigenvalue weighted by atomic mass is 10.00. The van der Waals surface area contributed by atoms with Gasteiger partial charge in [-0.15, -0.1) is 0 Å². The summed E-state index contributed by atoms with van der Waals surface area (Å²) in [5.41, 5.74) is 3.31. The predicted molar refractivity (Wildman–Crippen MR) is 124 cm³/mol. The molecule has 168 valence electrons. The first kappa shape index (κ1) is 26.1. The lowest BCUT2D eigenvalue weighted by Gasteiger charge is -2.11. The molecule has 0 saturated heterocycles. The fraction of sp³-hybridized carbons (Fsp3) is 0.240. The number of anilines is 1. The molecular formula is C25H28FN3O3. The van der Waals surface area contributed by atoms with Crippen molar-refractivity contribution in [1.29, 1.82) is 5.26 Å². The topological polar surface area (TPSA) is 91.2 Å². The standard InChI is InChI=1S/C21H19FN2O2.C4H9NO/c1-13-5-6-19(11-20(13)14(2)7-15(3)26-4)24-21(25)17-8-16(12-23)9-18(22)10-17;1-2-3-5-4-6/h5-11H,2H2,1,3-4H3,(H,24,25);4H,2-3H2,1H3,(H,5,6)/b15-7-;. The third-order valence-electron chi connectivity index (χ3n) is 4.31. The highest BCUT2D eigenvalue weighted by Crippen LogP contribution is 2.24. The number of amides is 2. The second kappa shape index (κ2) is 13.4. The zero-order valence-electron chi connectivity index (χ0n) is 18.8. The summed E-state index contributed by atoms with van der Waals surface area (Å²) in [6, 6.07) is 10.7. The number of nitrogens with one attached hydrogen (secondary N) is 2. The average molecular weight is 438 g/mol. The van der Waals surface area contributed by atoms with Crippen LogP contribution in [0.25, 0.3) is 5.57 Å². The summed E-state index contributed by atoms with van der Waals surface area (Å²) in [6.07, 6.45) is 3.53. The Morgan fingerprint density at radius 2 is 2.00 bits per heavy atom. The molecule has 6 nitrogen and oxygen atoms in total. The van der Waals surface area contributed by atoms with E-state index in [0.717, 1.165) is 41.8 Å². The van der Waals surface area contributed by atoms with E-state index in [0.29, 0.717) is 17.9 Å². The van der Waals surface area contributed by atoms with Crippen molar-refractivity contribution in [3.63, 3.8) is 0 Å². The van der Waals surface area contributed by atoms with Gasteiger partial charge in [0.05, 0.1) is 24.5 Å². The van der Waals surface area contributed by atoms with E-state index in [1.807, 2.05) is 32.9 Å². The van der Waals surface area contributed by atoms with Crippen molar-refractivity contribution in [1.82, 2.24) is 5.32 Å². The second-order valence-corrected chi connectivity index (χ2v) is 6.88. The Kier molecular flexibility index (Phi) is 10.9. The Morgan fingerprint density at radius 3 is 2.56 bits per heavy atom. The molecule has 0 aliphatic rings. The van der Waals surface area contributed by atoms with Crippen LogP contribution in [-0.2, 0) is 9.53 Å². The third kappa shape index (κ3) is 8.44. The molecule has 2 aromatic carbocycles. The molecule has 0 aliphatic carbocycles. The zero-order chi connectivity index (χ0) is 24.1. The minimum Gasteiger partial charge on any atom is -0.501 e. The summed E-state index contributed by atoms with van der Waals surface area (Å²) >= 11 is 0. The van der Waals surface area contributed by atoms with Gasteiger partial charge in [0.1, 0.15) is 5.82 Å². The van der Waals surface area contributed by atoms with Crippen LogP contribution in [0, 0.1) is 24.1 Å². The van der Waals surface area contributed by atoms with Crippen molar-refractivity contribution in [3.05, 3.63) is 82.9 Å². The highest BCUT2D eigenvalue weighted by molar-refractivity contribution is 6.04. The Morgan fingerprint density at radius 1 is 1.28 bits per heavy atom. The monoisotopic (exact) mass is 437 g/mol. The molecule has 0 atom stereocenters. The van der Waals surface area contributed by atoms with Gasteiger partial charge in [-0.05, 0) is 73.4 Å². The van der Waals surface area contributed by atoms with Crippen LogP contribution in [0.2, 0.25) is 0 Å². The van der Waals surface area contributed by atoms with E-state index >= 15 is 0 Å². The molecule has 2 aromatic rings. The first-order valence-corrected chi connectivity index (χ1v) is 9.97. The molecule has 7 heteroatoms. The number of aryl methyl sites for hydroxylation is 1. The first-order valence-electron chi connectivity index (χ1n) is 9.97. The highest BCUT2D eigenvalue weighted by atomic mass is 19.1. The number of hydrogen-bond acceptors (Lipinski definition) is 4. The van der Waals surface area contributed by atoms with Gasteiger partial charge in [-0.2, -0.15) is 5.26 Å². The lowest BCUT2D eigenvalue weighted by molar-refractivity contribution is -0.109. The maximum absolute atomic E-state index is 13.5. The van der Waals surface area contributed by atoms with E-state index in [4.69, 9.17) is 10.00 Å². The third-order valence-corrected chi connectivity index (χ3v) is 4.31. The van der Waals surface area contributed by atoms with Crippen molar-refractivity contribution in [3.8, 4) is 6.07 Å². The highest BCUT2D eigenvalue weighted by Gasteiger charge is 2.11. The number of hydrogen-bond donors (Lipinski definition) is 2. The fourth-order valence-corrected chi connectivity index (χ4v) is 2.62. The number of carbonyl (C=O) groups excluding carboxylic acids is 2. The Bertz CT molecular complexity index is 1040. The van der Waals surface area contributed by atoms with E-state index < -0.39 is 11.7 Å². The SMILES string of the molecule is C=C(/C=C(/C)OC)c1cc(NC(=O)c2cc(F)cc(C#N)c2)ccc1C.CCCNC=O. The number of ether oxygens (including phenoxy) is 1. The number of allylic oxidation sites excluding steroid dienone is 3. The van der Waals surface area contributed by atoms with E-state index in [2.05, 4.69) is 17.2 Å². The minimum atomic E-state index is -0.632. The van der Waals surface area contributed by atoms with Gasteiger partial charge in [0, 0.05) is 17.8 Å². The fourth-order valence-electron chi connectivity index (χ4n) is 2.62. The molecule has 0 fully saturated rings. The summed E-state index contributed by atoms with van der Waals surface area (Å²) < 4.78 is 18.7. The van der Waals surface area contributed by atoms with Crippen molar-refractivity contribution in [2.45, 2.75) is 27.2 Å². The van der Waals surface area contributed by atoms with Gasteiger partial charge in [-0.1, -0.05) is 19.6 Å². The normalized spacial score (nSPS) is 10.2. The van der Waals surface area contributed by atoms with Gasteiger partial charge in [-0.3, -0.25) is 9.59 Å². The molecule has 2 N–H and O–H groups in total. The van der Waals surface area contributed by atoms with Crippen molar-refractivity contribution in [2.24, 2.45) is 0 Å². The smallest absolute Gasteiger partial charge is 0.255 e. The molecule has 32 heavy (non-hydrogen) atoms. The van der Waals surface area contributed by atoms with Gasteiger partial charge in [0.25, 0.3) is 5.91 Å². The van der Waals surface area contributed by atoms with Crippen molar-refractivity contribution >= 4 is 23.6 Å². The second-order valence-electron chi connectivity index (χ2n) is 6.88. The van der Waals surface area contributed by atoms with E-state index in [1.54, 1.807) is 25.3 Å². The van der Waals surface area contributed by atoms with Crippen LogP contribution in [0.3, 0.4) is 0 Å². The number of nitriles is 1. The molecule has 2 rings (SSSR count). The largest absolute Gasteiger partial charge is 0.501 e. The zero-order valence-corrected chi connectivity index (χ0v) is 18.8. The van der Waals surface area contributed by atoms with Gasteiger partial charge < -0.3 is 15.4 Å². The maximum Gasteiger partial charge on any atom is 0.255 e. The van der Waals surface area contributed by atoms with E-state index in [9.17, 15) is 14.0 Å². The molecular weight excluding hydrogens is 409 g/mol. The summed E-state index contributed by atoms with van der Waals surface area (Å²) in [5.74, 6) is -0.412. The lowest BCUT2D eigenvalue weighted by Crippen LogP contribution is -2.12. The molecule has 0 radical (unpaired) electrons. The van der Waals surface area contributed by atoms with Crippen LogP contribution >= 0.6 is 0 Å². The van der Waals surface area contributed by atoms with Crippen LogP contribution < -0.4 is 10.6 Å². The maximum atomic E-state index is 13.5. The number of nitrogens with zero attached hydrogens (tertiary/aromatic N) is 1. The molecule has 0 bridgehead atoms. The first-order chi connectivity index (χ1) is 15.2. The predicted octanol–water partition coefficient (Wildman–Crippen LogP) is 4.96. The summed E-state index contributed by atoms with van der Waals surface area (Å²) in [7, 11) is 1.58. The van der Waals surface area contributed by atoms with Crippen molar-refractivity contribution in [2.75, 3.05) is 19.0 Å². The molecule has 0 unspecified atom stereocenters. The van der Waals surface area contributed by atoms with Crippen LogP contribution in [-0.4, -0.2) is 26.0 Å². The van der Waals surface area contributed by atoms with E-state index in [1.165, 1.54) is 6.07 Å². The number of benzene rings is 2. The van der Waals surface area contributed by atoms with Crippen LogP contribution in [0.4, 0.5) is 10.1 Å². The van der Waals surface area contributed by atoms with Crippen LogP contribution in [0.5, 0.6) is 0 Å². The van der Waals surface area contributed by atoms with Gasteiger partial charge >= 0.3 is 0 Å². The molecule has 0 saturated carbocycles. The molecule has 2 amide bonds. The molecule has 0 heterocycles. The summed E-state index contributed by atoms with van der Waals surface area (Å²) in [6.45, 7) is 10.6. The Labute approximate surface area is 188 Å². The average Bonchev–Trinajstić information content (AvgIpc) is 2.78. The van der Waals surface area contributed by atoms with Gasteiger partial charge in [0.2, 0.25) is 6.41 Å². The van der Waals surface area contributed by atoms with Gasteiger partial charge in [0.15, 0.2) is 0 Å². The summed E-state index contributed by atoms with van der Waals surface area (Å²) in [4.78, 5) is 21.8. The van der Waals surface area contributed by atoms with Crippen LogP contribution in [0.1, 0.15) is 47.3 Å². The summed E-state index contributed by atoms with van der Waals surface area (Å²) in [5, 5.41) is 14.1. The Balaban J connectivity index is 0.000000751. The number of methoxy groups -OCH3 is 1. The van der Waals surface area contributed by atoms with Crippen molar-refractivity contribution < 1.29 is 18.7 Å². The van der Waals surface area contributed by atoms with Gasteiger partial charge in [-0.25, -0.2) is 4.39 Å². The van der Waals surface area contributed by atoms with E-state index in [-0.39, 0.29) is 11.1 Å². The molecule has 0 aliphatic heterocycles. The minimum absolute atomic E-state index is 0.0811. The Hall–Kier alpha value is -3.92. The molecule has 0 spiro atoms. The number of halogens is 1. The van der Waals surface area contributed by atoms with Crippen LogP contribution in [0.15, 0.2) is 54.8 Å².